The molecule has 41 heavy (non-hydrogen) atoms. The van der Waals surface area contributed by atoms with E-state index in [4.69, 9.17) is 9.47 Å². The average Bonchev–Trinajstić information content (AvgIpc) is 3.42. The number of aromatic nitrogens is 4. The Labute approximate surface area is 233 Å². The van der Waals surface area contributed by atoms with E-state index < -0.39 is 6.09 Å². The van der Waals surface area contributed by atoms with Crippen LogP contribution in [0.5, 0.6) is 5.75 Å². The van der Waals surface area contributed by atoms with Crippen molar-refractivity contribution in [1.82, 2.24) is 20.0 Å². The number of fused-ring (bicyclic) bond motifs is 1. The third kappa shape index (κ3) is 5.94. The van der Waals surface area contributed by atoms with Crippen LogP contribution in [0.3, 0.4) is 0 Å². The van der Waals surface area contributed by atoms with E-state index in [-0.39, 0.29) is 17.3 Å². The van der Waals surface area contributed by atoms with Gasteiger partial charge in [-0.05, 0) is 79.4 Å². The van der Waals surface area contributed by atoms with Gasteiger partial charge in [-0.1, -0.05) is 18.2 Å². The molecule has 1 aliphatic rings. The smallest absolute Gasteiger partial charge is 0.417 e. The number of anilines is 2. The summed E-state index contributed by atoms with van der Waals surface area (Å²) in [7, 11) is 0. The highest BCUT2D eigenvalue weighted by molar-refractivity contribution is 5.87. The van der Waals surface area contributed by atoms with Crippen LogP contribution in [0.15, 0.2) is 83.8 Å². The monoisotopic (exact) mass is 555 g/mol. The van der Waals surface area contributed by atoms with Crippen molar-refractivity contribution in [1.29, 1.82) is 0 Å². The van der Waals surface area contributed by atoms with E-state index in [1.165, 1.54) is 24.3 Å². The van der Waals surface area contributed by atoms with Crippen molar-refractivity contribution in [3.63, 3.8) is 0 Å². The van der Waals surface area contributed by atoms with Crippen molar-refractivity contribution in [3.05, 3.63) is 94.6 Å². The molecule has 12 heteroatoms. The fraction of sp³-hybridized carbons (Fsp3) is 0.172. The summed E-state index contributed by atoms with van der Waals surface area (Å²) in [5.74, 6) is 0.297. The van der Waals surface area contributed by atoms with Gasteiger partial charge in [-0.2, -0.15) is 10.2 Å². The van der Waals surface area contributed by atoms with Crippen molar-refractivity contribution in [2.75, 3.05) is 17.4 Å². The number of H-pyrrole nitrogens is 1. The van der Waals surface area contributed by atoms with Gasteiger partial charge in [0.25, 0.3) is 5.56 Å². The van der Waals surface area contributed by atoms with Crippen LogP contribution in [-0.2, 0) is 4.74 Å². The van der Waals surface area contributed by atoms with Crippen LogP contribution in [0.4, 0.5) is 16.2 Å². The van der Waals surface area contributed by atoms with Gasteiger partial charge in [-0.3, -0.25) is 10.1 Å². The number of carbonyl (C=O) groups excluding carboxylic acids is 1. The van der Waals surface area contributed by atoms with Crippen molar-refractivity contribution >= 4 is 28.4 Å². The number of nitrogens with zero attached hydrogens (tertiary/aromatic N) is 3. The van der Waals surface area contributed by atoms with Gasteiger partial charge in [0.2, 0.25) is 0 Å². The van der Waals surface area contributed by atoms with Crippen LogP contribution in [0.1, 0.15) is 25.5 Å². The van der Waals surface area contributed by atoms with Gasteiger partial charge >= 0.3 is 6.09 Å². The Balaban J connectivity index is 0.00000337. The minimum absolute atomic E-state index is 0. The molecule has 2 aromatic heterocycles. The average molecular weight is 556 g/mol. The first-order valence-corrected chi connectivity index (χ1v) is 12.8. The third-order valence-electron chi connectivity index (χ3n) is 6.75. The van der Waals surface area contributed by atoms with Crippen LogP contribution in [0.25, 0.3) is 33.3 Å². The molecule has 1 unspecified atom stereocenters. The summed E-state index contributed by atoms with van der Waals surface area (Å²) in [4.78, 5) is 25.0. The topological polar surface area (TPSA) is 178 Å². The van der Waals surface area contributed by atoms with E-state index in [1.807, 2.05) is 22.9 Å². The van der Waals surface area contributed by atoms with Gasteiger partial charge < -0.3 is 25.6 Å². The van der Waals surface area contributed by atoms with Gasteiger partial charge in [-0.15, -0.1) is 0 Å². The molecule has 12 nitrogen and oxygen atoms in total. The van der Waals surface area contributed by atoms with Crippen LogP contribution in [-0.4, -0.2) is 38.2 Å². The summed E-state index contributed by atoms with van der Waals surface area (Å²) >= 11 is 0. The number of ether oxygens (including phenoxy) is 2. The highest BCUT2D eigenvalue weighted by Crippen LogP contribution is 2.29. The van der Waals surface area contributed by atoms with E-state index in [9.17, 15) is 14.8 Å². The quantitative estimate of drug-likeness (QED) is 0.249. The molecule has 1 amide bonds. The van der Waals surface area contributed by atoms with Crippen molar-refractivity contribution < 1.29 is 19.7 Å². The zero-order chi connectivity index (χ0) is 27.5. The van der Waals surface area contributed by atoms with Crippen molar-refractivity contribution in [2.24, 2.45) is 0 Å². The molecule has 0 saturated carbocycles. The first-order valence-electron chi connectivity index (χ1n) is 12.8. The Morgan fingerprint density at radius 2 is 1.76 bits per heavy atom. The SMILES string of the molecule is O.O=C(Nc1ccc(-c2cc(-c3ccc4c(cnn4C4CCCCO4)c3)c(=O)[nH]n2)cc1)Oc1ccc(N[O-])cc1. The maximum Gasteiger partial charge on any atom is 0.417 e. The van der Waals surface area contributed by atoms with Gasteiger partial charge in [0.1, 0.15) is 5.75 Å². The van der Waals surface area contributed by atoms with Crippen LogP contribution >= 0.6 is 0 Å². The standard InChI is InChI=1S/C29H25N6O5.H2O/c36-28-24(19-6-13-26-20(15-19)17-30-35(26)27-3-1-2-14-39-27)16-25(32-33-28)18-4-7-21(8-5-18)31-29(37)40-23-11-9-22(34-38)10-12-23;/h4-13,15-17,27,34H,1-3,14H2,(H,31,37)(H,33,36);1H2/q-1;. The second-order valence-electron chi connectivity index (χ2n) is 9.40. The van der Waals surface area contributed by atoms with E-state index in [1.54, 1.807) is 42.0 Å². The fourth-order valence-corrected chi connectivity index (χ4v) is 4.70. The number of hydrogen-bond donors (Lipinski definition) is 3. The van der Waals surface area contributed by atoms with Gasteiger partial charge in [0.15, 0.2) is 6.23 Å². The Morgan fingerprint density at radius 1 is 1.00 bits per heavy atom. The lowest BCUT2D eigenvalue weighted by Gasteiger charge is -2.23. The highest BCUT2D eigenvalue weighted by atomic mass is 16.6. The maximum atomic E-state index is 12.7. The number of aromatic amines is 1. The molecule has 0 bridgehead atoms. The number of rotatable bonds is 6. The summed E-state index contributed by atoms with van der Waals surface area (Å²) in [6.45, 7) is 0.733. The molecule has 1 atom stereocenters. The molecule has 0 radical (unpaired) electrons. The Kier molecular flexibility index (Phi) is 8.06. The van der Waals surface area contributed by atoms with Crippen LogP contribution < -0.4 is 21.1 Å². The molecule has 3 aromatic carbocycles. The van der Waals surface area contributed by atoms with Crippen molar-refractivity contribution in [2.45, 2.75) is 25.5 Å². The molecule has 1 saturated heterocycles. The summed E-state index contributed by atoms with van der Waals surface area (Å²) in [6, 6.07) is 20.6. The summed E-state index contributed by atoms with van der Waals surface area (Å²) in [5.41, 5.74) is 5.86. The maximum absolute atomic E-state index is 12.7. The van der Waals surface area contributed by atoms with E-state index in [0.717, 1.165) is 47.9 Å². The molecule has 0 spiro atoms. The summed E-state index contributed by atoms with van der Waals surface area (Å²) in [6.07, 6.45) is 4.16. The van der Waals surface area contributed by atoms with Gasteiger partial charge in [0.05, 0.1) is 23.0 Å². The second kappa shape index (κ2) is 12.0. The lowest BCUT2D eigenvalue weighted by molar-refractivity contribution is -0.0366. The minimum Gasteiger partial charge on any atom is -0.761 e. The van der Waals surface area contributed by atoms with Crippen molar-refractivity contribution in [3.8, 4) is 28.1 Å². The zero-order valence-corrected chi connectivity index (χ0v) is 21.8. The molecular weight excluding hydrogens is 528 g/mol. The number of nitrogens with one attached hydrogen (secondary N) is 3. The first kappa shape index (κ1) is 27.5. The molecule has 0 aliphatic carbocycles. The molecule has 1 fully saturated rings. The molecular formula is C29H27N6O6-. The predicted molar refractivity (Wildman–Crippen MR) is 155 cm³/mol. The number of hydrogen-bond acceptors (Lipinski definition) is 8. The lowest BCUT2D eigenvalue weighted by atomic mass is 10.0. The molecule has 5 N–H and O–H groups in total. The van der Waals surface area contributed by atoms with E-state index >= 15 is 0 Å². The zero-order valence-electron chi connectivity index (χ0n) is 21.8. The minimum atomic E-state index is -0.672. The van der Waals surface area contributed by atoms with Gasteiger partial charge in [0, 0.05) is 28.9 Å². The highest BCUT2D eigenvalue weighted by Gasteiger charge is 2.19. The molecule has 210 valence electrons. The van der Waals surface area contributed by atoms with E-state index in [2.05, 4.69) is 20.6 Å². The summed E-state index contributed by atoms with van der Waals surface area (Å²) in [5, 5.41) is 25.6. The van der Waals surface area contributed by atoms with Crippen LogP contribution in [0.2, 0.25) is 0 Å². The van der Waals surface area contributed by atoms with Gasteiger partial charge in [-0.25, -0.2) is 14.6 Å². The molecule has 6 rings (SSSR count). The Morgan fingerprint density at radius 3 is 2.49 bits per heavy atom. The van der Waals surface area contributed by atoms with E-state index in [0.29, 0.717) is 28.4 Å². The Hall–Kier alpha value is -5.04. The lowest BCUT2D eigenvalue weighted by Crippen LogP contribution is -2.18. The predicted octanol–water partition coefficient (Wildman–Crippen LogP) is 4.85. The largest absolute Gasteiger partial charge is 0.761 e. The van der Waals surface area contributed by atoms with Crippen LogP contribution in [0, 0.1) is 5.21 Å². The second-order valence-corrected chi connectivity index (χ2v) is 9.40. The molecule has 1 aliphatic heterocycles. The summed E-state index contributed by atoms with van der Waals surface area (Å²) < 4.78 is 13.0. The molecule has 3 heterocycles. The Bertz CT molecular complexity index is 1710. The number of carbonyl (C=O) groups is 1. The fourth-order valence-electron chi connectivity index (χ4n) is 4.70. The molecule has 5 aromatic rings. The third-order valence-corrected chi connectivity index (χ3v) is 6.75. The normalized spacial score (nSPS) is 14.7. The number of amides is 1. The first-order chi connectivity index (χ1) is 19.6. The number of benzene rings is 3.